The number of aromatic nitrogens is 2. The summed E-state index contributed by atoms with van der Waals surface area (Å²) in [5.74, 6) is 3.56. The average molecular weight is 292 g/mol. The fraction of sp³-hybridized carbons (Fsp3) is 0.765. The summed E-state index contributed by atoms with van der Waals surface area (Å²) in [7, 11) is 2.13. The Bertz CT molecular complexity index is 463. The number of rotatable bonds is 6. The van der Waals surface area contributed by atoms with E-state index in [2.05, 4.69) is 65.7 Å². The maximum Gasteiger partial charge on any atom is 0.138 e. The minimum atomic E-state index is -0.0518. The van der Waals surface area contributed by atoms with Crippen LogP contribution in [0.5, 0.6) is 0 Å². The molecule has 1 heterocycles. The molecule has 0 spiro atoms. The third kappa shape index (κ3) is 4.58. The molecule has 0 aliphatic carbocycles. The van der Waals surface area contributed by atoms with Crippen molar-refractivity contribution in [3.8, 4) is 0 Å². The Balaban J connectivity index is 3.25. The van der Waals surface area contributed by atoms with Gasteiger partial charge >= 0.3 is 0 Å². The van der Waals surface area contributed by atoms with Gasteiger partial charge in [0.05, 0.1) is 0 Å². The van der Waals surface area contributed by atoms with Crippen LogP contribution in [0.25, 0.3) is 0 Å². The van der Waals surface area contributed by atoms with E-state index in [0.717, 1.165) is 36.1 Å². The molecule has 1 aromatic rings. The first-order valence-electron chi connectivity index (χ1n) is 8.04. The van der Waals surface area contributed by atoms with Gasteiger partial charge in [0.2, 0.25) is 0 Å². The van der Waals surface area contributed by atoms with E-state index in [1.54, 1.807) is 0 Å². The summed E-state index contributed by atoms with van der Waals surface area (Å²) in [6, 6.07) is 0. The lowest BCUT2D eigenvalue weighted by Gasteiger charge is -2.27. The first-order chi connectivity index (χ1) is 9.70. The maximum absolute atomic E-state index is 4.85. The minimum Gasteiger partial charge on any atom is -0.370 e. The van der Waals surface area contributed by atoms with Crippen LogP contribution in [0.2, 0.25) is 0 Å². The van der Waals surface area contributed by atoms with Gasteiger partial charge in [-0.1, -0.05) is 41.0 Å². The molecular formula is C17H32N4. The Morgan fingerprint density at radius 1 is 1.19 bits per heavy atom. The zero-order valence-corrected chi connectivity index (χ0v) is 15.0. The molecule has 0 saturated heterocycles. The quantitative estimate of drug-likeness (QED) is 0.860. The molecule has 1 unspecified atom stereocenters. The summed E-state index contributed by atoms with van der Waals surface area (Å²) in [6.07, 6.45) is 1.18. The second-order valence-corrected chi connectivity index (χ2v) is 7.02. The third-order valence-corrected chi connectivity index (χ3v) is 3.78. The Morgan fingerprint density at radius 3 is 2.29 bits per heavy atom. The highest BCUT2D eigenvalue weighted by molar-refractivity contribution is 5.58. The molecule has 4 heteroatoms. The lowest BCUT2D eigenvalue weighted by Crippen LogP contribution is -2.28. The smallest absolute Gasteiger partial charge is 0.138 e. The fourth-order valence-corrected chi connectivity index (χ4v) is 2.23. The van der Waals surface area contributed by atoms with E-state index in [-0.39, 0.29) is 5.41 Å². The molecule has 0 amide bonds. The Kier molecular flexibility index (Phi) is 5.99. The Morgan fingerprint density at radius 2 is 1.81 bits per heavy atom. The van der Waals surface area contributed by atoms with E-state index < -0.39 is 0 Å². The second-order valence-electron chi connectivity index (χ2n) is 7.02. The van der Waals surface area contributed by atoms with Gasteiger partial charge in [-0.15, -0.1) is 0 Å². The largest absolute Gasteiger partial charge is 0.370 e. The van der Waals surface area contributed by atoms with Crippen molar-refractivity contribution in [3.05, 3.63) is 11.4 Å². The predicted octanol–water partition coefficient (Wildman–Crippen LogP) is 4.00. The van der Waals surface area contributed by atoms with E-state index in [0.29, 0.717) is 5.92 Å². The fourth-order valence-electron chi connectivity index (χ4n) is 2.23. The Hall–Kier alpha value is -1.32. The molecule has 1 atom stereocenters. The van der Waals surface area contributed by atoms with E-state index in [1.807, 2.05) is 0 Å². The van der Waals surface area contributed by atoms with Gasteiger partial charge in [0.15, 0.2) is 0 Å². The number of anilines is 2. The molecule has 0 bridgehead atoms. The lowest BCUT2D eigenvalue weighted by molar-refractivity contribution is 0.536. The highest BCUT2D eigenvalue weighted by Gasteiger charge is 2.22. The van der Waals surface area contributed by atoms with Crippen LogP contribution in [0.1, 0.15) is 59.4 Å². The standard InChI is InChI=1S/C17H32N4/c1-9-12(3)11-21(8)15-13(4)14(18-10-2)19-16(20-15)17(5,6)7/h12H,9-11H2,1-8H3,(H,18,19,20). The summed E-state index contributed by atoms with van der Waals surface area (Å²) in [4.78, 5) is 11.8. The average Bonchev–Trinajstić information content (AvgIpc) is 2.39. The summed E-state index contributed by atoms with van der Waals surface area (Å²) in [6.45, 7) is 17.1. The van der Waals surface area contributed by atoms with E-state index in [9.17, 15) is 0 Å². The molecule has 1 N–H and O–H groups in total. The summed E-state index contributed by atoms with van der Waals surface area (Å²) in [5.41, 5.74) is 1.08. The van der Waals surface area contributed by atoms with Crippen molar-refractivity contribution in [2.45, 2.75) is 60.3 Å². The molecule has 0 aliphatic rings. The van der Waals surface area contributed by atoms with Gasteiger partial charge in [-0.2, -0.15) is 0 Å². The minimum absolute atomic E-state index is 0.0518. The van der Waals surface area contributed by atoms with Gasteiger partial charge in [-0.25, -0.2) is 9.97 Å². The number of hydrogen-bond acceptors (Lipinski definition) is 4. The molecule has 1 aromatic heterocycles. The highest BCUT2D eigenvalue weighted by atomic mass is 15.2. The van der Waals surface area contributed by atoms with Crippen LogP contribution in [0, 0.1) is 12.8 Å². The van der Waals surface area contributed by atoms with E-state index >= 15 is 0 Å². The first kappa shape index (κ1) is 17.7. The summed E-state index contributed by atoms with van der Waals surface area (Å²) >= 11 is 0. The van der Waals surface area contributed by atoms with Gasteiger partial charge in [0.1, 0.15) is 17.5 Å². The maximum atomic E-state index is 4.85. The summed E-state index contributed by atoms with van der Waals surface area (Å²) < 4.78 is 0. The topological polar surface area (TPSA) is 41.1 Å². The van der Waals surface area contributed by atoms with Gasteiger partial charge in [-0.3, -0.25) is 0 Å². The molecule has 120 valence electrons. The molecule has 0 aromatic carbocycles. The van der Waals surface area contributed by atoms with Gasteiger partial charge in [-0.05, 0) is 19.8 Å². The van der Waals surface area contributed by atoms with Crippen LogP contribution >= 0.6 is 0 Å². The predicted molar refractivity (Wildman–Crippen MR) is 92.4 cm³/mol. The van der Waals surface area contributed by atoms with Crippen molar-refractivity contribution in [3.63, 3.8) is 0 Å². The van der Waals surface area contributed by atoms with Gasteiger partial charge < -0.3 is 10.2 Å². The third-order valence-electron chi connectivity index (χ3n) is 3.78. The van der Waals surface area contributed by atoms with Crippen LogP contribution in [0.4, 0.5) is 11.6 Å². The van der Waals surface area contributed by atoms with E-state index in [1.165, 1.54) is 6.42 Å². The van der Waals surface area contributed by atoms with Crippen LogP contribution < -0.4 is 10.2 Å². The molecule has 0 saturated carbocycles. The number of hydrogen-bond donors (Lipinski definition) is 1. The van der Waals surface area contributed by atoms with Crippen molar-refractivity contribution in [2.75, 3.05) is 30.4 Å². The van der Waals surface area contributed by atoms with Crippen LogP contribution in [0.15, 0.2) is 0 Å². The van der Waals surface area contributed by atoms with Crippen LogP contribution in [-0.2, 0) is 5.41 Å². The Labute approximate surface area is 130 Å². The summed E-state index contributed by atoms with van der Waals surface area (Å²) in [5, 5.41) is 3.37. The number of nitrogens with one attached hydrogen (secondary N) is 1. The zero-order valence-electron chi connectivity index (χ0n) is 15.0. The second kappa shape index (κ2) is 7.10. The van der Waals surface area contributed by atoms with Crippen molar-refractivity contribution in [2.24, 2.45) is 5.92 Å². The molecule has 1 rings (SSSR count). The van der Waals surface area contributed by atoms with Gasteiger partial charge in [0.25, 0.3) is 0 Å². The van der Waals surface area contributed by atoms with Crippen LogP contribution in [0.3, 0.4) is 0 Å². The molecule has 4 nitrogen and oxygen atoms in total. The van der Waals surface area contributed by atoms with Crippen molar-refractivity contribution < 1.29 is 0 Å². The van der Waals surface area contributed by atoms with Crippen molar-refractivity contribution >= 4 is 11.6 Å². The van der Waals surface area contributed by atoms with Crippen molar-refractivity contribution in [1.82, 2.24) is 9.97 Å². The molecular weight excluding hydrogens is 260 g/mol. The first-order valence-corrected chi connectivity index (χ1v) is 8.04. The zero-order chi connectivity index (χ0) is 16.2. The lowest BCUT2D eigenvalue weighted by atomic mass is 9.95. The molecule has 21 heavy (non-hydrogen) atoms. The monoisotopic (exact) mass is 292 g/mol. The normalized spacial score (nSPS) is 13.1. The number of nitrogens with zero attached hydrogens (tertiary/aromatic N) is 3. The van der Waals surface area contributed by atoms with Crippen LogP contribution in [-0.4, -0.2) is 30.1 Å². The SMILES string of the molecule is CCNc1nc(C(C)(C)C)nc(N(C)CC(C)CC)c1C. The highest BCUT2D eigenvalue weighted by Crippen LogP contribution is 2.28. The van der Waals surface area contributed by atoms with Crippen molar-refractivity contribution in [1.29, 1.82) is 0 Å². The molecule has 0 radical (unpaired) electrons. The molecule has 0 aliphatic heterocycles. The van der Waals surface area contributed by atoms with E-state index in [4.69, 9.17) is 9.97 Å². The van der Waals surface area contributed by atoms with Gasteiger partial charge in [0, 0.05) is 31.1 Å². The molecule has 0 fully saturated rings.